The molecule has 0 saturated carbocycles. The van der Waals surface area contributed by atoms with Gasteiger partial charge in [0, 0.05) is 43.3 Å². The van der Waals surface area contributed by atoms with Gasteiger partial charge >= 0.3 is 0 Å². The van der Waals surface area contributed by atoms with Crippen LogP contribution in [0.2, 0.25) is 0 Å². The first kappa shape index (κ1) is 24.1. The lowest BCUT2D eigenvalue weighted by Crippen LogP contribution is -2.33. The molecule has 2 N–H and O–H groups in total. The number of hydrogen-bond acceptors (Lipinski definition) is 5. The van der Waals surface area contributed by atoms with Crippen LogP contribution < -0.4 is 10.6 Å². The molecule has 1 aromatic heterocycles. The van der Waals surface area contributed by atoms with Crippen molar-refractivity contribution in [2.24, 2.45) is 0 Å². The average molecular weight is 470 g/mol. The third kappa shape index (κ3) is 6.27. The Hall–Kier alpha value is -3.50. The summed E-state index contributed by atoms with van der Waals surface area (Å²) in [6.07, 6.45) is 3.31. The average Bonchev–Trinajstić information content (AvgIpc) is 3.30. The Balaban J connectivity index is 1.58. The Morgan fingerprint density at radius 1 is 1.09 bits per heavy atom. The third-order valence-electron chi connectivity index (χ3n) is 5.05. The molecule has 174 valence electrons. The molecule has 0 bridgehead atoms. The number of anilines is 1. The fourth-order valence-corrected chi connectivity index (χ4v) is 4.37. The Morgan fingerprint density at radius 3 is 2.45 bits per heavy atom. The summed E-state index contributed by atoms with van der Waals surface area (Å²) in [7, 11) is -2.08. The van der Waals surface area contributed by atoms with Crippen LogP contribution in [0.5, 0.6) is 0 Å². The molecule has 0 saturated heterocycles. The Labute approximate surface area is 193 Å². The summed E-state index contributed by atoms with van der Waals surface area (Å²) in [5.41, 5.74) is 1.77. The molecule has 0 radical (unpaired) electrons. The van der Waals surface area contributed by atoms with Gasteiger partial charge in [-0.3, -0.25) is 14.3 Å². The molecule has 1 heterocycles. The highest BCUT2D eigenvalue weighted by molar-refractivity contribution is 7.89. The Morgan fingerprint density at radius 2 is 1.82 bits per heavy atom. The van der Waals surface area contributed by atoms with Gasteiger partial charge in [0.1, 0.15) is 6.54 Å². The third-order valence-corrected chi connectivity index (χ3v) is 7.10. The lowest BCUT2D eigenvalue weighted by Gasteiger charge is -2.21. The van der Waals surface area contributed by atoms with Crippen molar-refractivity contribution in [1.29, 1.82) is 0 Å². The maximum Gasteiger partial charge on any atom is 0.251 e. The van der Waals surface area contributed by atoms with E-state index in [-0.39, 0.29) is 35.8 Å². The minimum absolute atomic E-state index is 0.104. The lowest BCUT2D eigenvalue weighted by molar-refractivity contribution is -0.116. The van der Waals surface area contributed by atoms with Crippen molar-refractivity contribution < 1.29 is 18.0 Å². The van der Waals surface area contributed by atoms with Crippen LogP contribution in [-0.2, 0) is 27.9 Å². The number of carbonyl (C=O) groups is 2. The van der Waals surface area contributed by atoms with Crippen molar-refractivity contribution in [3.63, 3.8) is 0 Å². The van der Waals surface area contributed by atoms with Crippen molar-refractivity contribution in [3.05, 3.63) is 78.1 Å². The van der Waals surface area contributed by atoms with Gasteiger partial charge in [-0.15, -0.1) is 0 Å². The second kappa shape index (κ2) is 10.4. The van der Waals surface area contributed by atoms with Crippen LogP contribution in [-0.4, -0.2) is 47.4 Å². The lowest BCUT2D eigenvalue weighted by atomic mass is 10.1. The van der Waals surface area contributed by atoms with E-state index in [1.807, 2.05) is 6.07 Å². The van der Waals surface area contributed by atoms with E-state index in [1.54, 1.807) is 50.5 Å². The van der Waals surface area contributed by atoms with E-state index in [2.05, 4.69) is 15.7 Å². The van der Waals surface area contributed by atoms with Crippen molar-refractivity contribution >= 4 is 27.5 Å². The molecule has 0 aliphatic carbocycles. The SMILES string of the molecule is CC(C)N(C)S(=O)(=O)c1ccc(C(=O)NCc2cccc(NC(=O)Cn3cccn3)c2)cc1. The van der Waals surface area contributed by atoms with E-state index in [9.17, 15) is 18.0 Å². The van der Waals surface area contributed by atoms with Crippen LogP contribution in [0.1, 0.15) is 29.8 Å². The normalized spacial score (nSPS) is 11.5. The van der Waals surface area contributed by atoms with E-state index < -0.39 is 10.0 Å². The molecule has 0 spiro atoms. The predicted octanol–water partition coefficient (Wildman–Crippen LogP) is 2.48. The van der Waals surface area contributed by atoms with Gasteiger partial charge in [-0.1, -0.05) is 12.1 Å². The largest absolute Gasteiger partial charge is 0.348 e. The number of nitrogens with one attached hydrogen (secondary N) is 2. The molecule has 10 heteroatoms. The van der Waals surface area contributed by atoms with Crippen LogP contribution in [0.25, 0.3) is 0 Å². The highest BCUT2D eigenvalue weighted by Crippen LogP contribution is 2.17. The molecule has 2 amide bonds. The number of sulfonamides is 1. The maximum absolute atomic E-state index is 12.6. The molecule has 0 fully saturated rings. The monoisotopic (exact) mass is 469 g/mol. The summed E-state index contributed by atoms with van der Waals surface area (Å²) in [6, 6.07) is 14.6. The second-order valence-electron chi connectivity index (χ2n) is 7.77. The van der Waals surface area contributed by atoms with Gasteiger partial charge in [0.15, 0.2) is 0 Å². The molecule has 0 atom stereocenters. The summed E-state index contributed by atoms with van der Waals surface area (Å²) in [5.74, 6) is -0.540. The highest BCUT2D eigenvalue weighted by atomic mass is 32.2. The second-order valence-corrected chi connectivity index (χ2v) is 9.77. The van der Waals surface area contributed by atoms with Crippen LogP contribution >= 0.6 is 0 Å². The van der Waals surface area contributed by atoms with Gasteiger partial charge < -0.3 is 10.6 Å². The maximum atomic E-state index is 12.6. The molecule has 2 aromatic carbocycles. The van der Waals surface area contributed by atoms with Gasteiger partial charge in [0.2, 0.25) is 15.9 Å². The number of hydrogen-bond donors (Lipinski definition) is 2. The Kier molecular flexibility index (Phi) is 7.62. The zero-order valence-corrected chi connectivity index (χ0v) is 19.5. The van der Waals surface area contributed by atoms with E-state index in [1.165, 1.54) is 40.3 Å². The highest BCUT2D eigenvalue weighted by Gasteiger charge is 2.23. The minimum atomic E-state index is -3.61. The van der Waals surface area contributed by atoms with E-state index in [0.717, 1.165) is 5.56 Å². The number of amides is 2. The number of carbonyl (C=O) groups excluding carboxylic acids is 2. The molecular formula is C23H27N5O4S. The molecule has 0 aliphatic heterocycles. The first-order valence-electron chi connectivity index (χ1n) is 10.4. The topological polar surface area (TPSA) is 113 Å². The van der Waals surface area contributed by atoms with Crippen molar-refractivity contribution in [2.45, 2.75) is 37.9 Å². The number of aromatic nitrogens is 2. The van der Waals surface area contributed by atoms with E-state index in [0.29, 0.717) is 11.3 Å². The first-order chi connectivity index (χ1) is 15.7. The number of nitrogens with zero attached hydrogens (tertiary/aromatic N) is 3. The summed E-state index contributed by atoms with van der Waals surface area (Å²) in [4.78, 5) is 24.8. The quantitative estimate of drug-likeness (QED) is 0.500. The summed E-state index contributed by atoms with van der Waals surface area (Å²) in [5, 5.41) is 9.61. The van der Waals surface area contributed by atoms with Gasteiger partial charge in [0.25, 0.3) is 5.91 Å². The summed E-state index contributed by atoms with van der Waals surface area (Å²) < 4.78 is 27.9. The molecule has 0 unspecified atom stereocenters. The van der Waals surface area contributed by atoms with Crippen LogP contribution in [0.3, 0.4) is 0 Å². The first-order valence-corrected chi connectivity index (χ1v) is 11.8. The fraction of sp³-hybridized carbons (Fsp3) is 0.261. The van der Waals surface area contributed by atoms with Gasteiger partial charge in [0.05, 0.1) is 4.90 Å². The predicted molar refractivity (Wildman–Crippen MR) is 125 cm³/mol. The van der Waals surface area contributed by atoms with Crippen LogP contribution in [0.4, 0.5) is 5.69 Å². The number of benzene rings is 2. The van der Waals surface area contributed by atoms with Crippen LogP contribution in [0, 0.1) is 0 Å². The molecule has 3 aromatic rings. The van der Waals surface area contributed by atoms with E-state index >= 15 is 0 Å². The van der Waals surface area contributed by atoms with Gasteiger partial charge in [-0.25, -0.2) is 8.42 Å². The van der Waals surface area contributed by atoms with E-state index in [4.69, 9.17) is 0 Å². The molecule has 33 heavy (non-hydrogen) atoms. The molecule has 0 aliphatic rings. The van der Waals surface area contributed by atoms with Crippen LogP contribution in [0.15, 0.2) is 71.9 Å². The smallest absolute Gasteiger partial charge is 0.251 e. The zero-order chi connectivity index (χ0) is 24.0. The molecule has 3 rings (SSSR count). The fourth-order valence-electron chi connectivity index (χ4n) is 3.01. The molecule has 9 nitrogen and oxygen atoms in total. The zero-order valence-electron chi connectivity index (χ0n) is 18.7. The molecular weight excluding hydrogens is 442 g/mol. The Bertz CT molecular complexity index is 1210. The summed E-state index contributed by atoms with van der Waals surface area (Å²) in [6.45, 7) is 3.93. The van der Waals surface area contributed by atoms with Gasteiger partial charge in [-0.05, 0) is 61.9 Å². The van der Waals surface area contributed by atoms with Crippen molar-refractivity contribution in [2.75, 3.05) is 12.4 Å². The summed E-state index contributed by atoms with van der Waals surface area (Å²) >= 11 is 0. The minimum Gasteiger partial charge on any atom is -0.348 e. The number of rotatable bonds is 9. The van der Waals surface area contributed by atoms with Crippen molar-refractivity contribution in [3.8, 4) is 0 Å². The van der Waals surface area contributed by atoms with Crippen molar-refractivity contribution in [1.82, 2.24) is 19.4 Å². The standard InChI is InChI=1S/C23H27N5O4S/c1-17(2)27(3)33(31,32)21-10-8-19(9-11-21)23(30)24-15-18-6-4-7-20(14-18)26-22(29)16-28-13-5-12-25-28/h4-14,17H,15-16H2,1-3H3,(H,24,30)(H,26,29). The van der Waals surface area contributed by atoms with Gasteiger partial charge in [-0.2, -0.15) is 9.40 Å².